The van der Waals surface area contributed by atoms with E-state index in [4.69, 9.17) is 4.74 Å². The lowest BCUT2D eigenvalue weighted by molar-refractivity contribution is -0.141. The fourth-order valence-corrected chi connectivity index (χ4v) is 6.44. The number of hydrogen-bond donors (Lipinski definition) is 1. The minimum absolute atomic E-state index is 0.140. The maximum atomic E-state index is 13.6. The van der Waals surface area contributed by atoms with Crippen molar-refractivity contribution in [3.8, 4) is 5.00 Å². The Balaban J connectivity index is 1.60. The average Bonchev–Trinajstić information content (AvgIpc) is 3.39. The van der Waals surface area contributed by atoms with Gasteiger partial charge in [-0.05, 0) is 62.8 Å². The molecule has 33 heavy (non-hydrogen) atoms. The van der Waals surface area contributed by atoms with Crippen LogP contribution in [0.4, 0.5) is 4.79 Å². The maximum Gasteiger partial charge on any atom is 0.325 e. The second kappa shape index (κ2) is 9.06. The molecule has 1 N–H and O–H groups in total. The molecule has 2 aliphatic rings. The highest BCUT2D eigenvalue weighted by Crippen LogP contribution is 2.44. The lowest BCUT2D eigenvalue weighted by Gasteiger charge is -2.31. The van der Waals surface area contributed by atoms with Crippen molar-refractivity contribution >= 4 is 23.3 Å². The molecule has 1 unspecified atom stereocenters. The first-order valence-corrected chi connectivity index (χ1v) is 12.5. The lowest BCUT2D eigenvalue weighted by atomic mass is 9.95. The highest BCUT2D eigenvalue weighted by Gasteiger charge is 2.36. The van der Waals surface area contributed by atoms with Crippen LogP contribution in [0.25, 0.3) is 5.00 Å². The Labute approximate surface area is 198 Å². The van der Waals surface area contributed by atoms with Gasteiger partial charge in [0.15, 0.2) is 0 Å². The largest absolute Gasteiger partial charge is 0.465 e. The quantitative estimate of drug-likeness (QED) is 0.560. The minimum Gasteiger partial charge on any atom is -0.465 e. The van der Waals surface area contributed by atoms with E-state index in [1.165, 1.54) is 33.8 Å². The molecule has 6 nitrogen and oxygen atoms in total. The molecule has 2 amide bonds. The summed E-state index contributed by atoms with van der Waals surface area (Å²) < 4.78 is 7.29. The number of fused-ring (bicyclic) bond motifs is 5. The van der Waals surface area contributed by atoms with Gasteiger partial charge < -0.3 is 19.5 Å². The molecule has 1 atom stereocenters. The Bertz CT molecular complexity index is 1200. The number of carbonyl (C=O) groups excluding carboxylic acids is 2. The predicted molar refractivity (Wildman–Crippen MR) is 129 cm³/mol. The molecule has 0 bridgehead atoms. The van der Waals surface area contributed by atoms with Crippen molar-refractivity contribution in [3.05, 3.63) is 75.4 Å². The zero-order valence-corrected chi connectivity index (χ0v) is 19.9. The summed E-state index contributed by atoms with van der Waals surface area (Å²) in [6.07, 6.45) is 6.69. The Hall–Kier alpha value is -3.06. The third-order valence-electron chi connectivity index (χ3n) is 6.49. The van der Waals surface area contributed by atoms with E-state index in [0.717, 1.165) is 29.7 Å². The number of amides is 2. The van der Waals surface area contributed by atoms with Crippen LogP contribution < -0.4 is 5.32 Å². The van der Waals surface area contributed by atoms with Gasteiger partial charge in [0.05, 0.1) is 24.9 Å². The normalized spacial score (nSPS) is 16.9. The van der Waals surface area contributed by atoms with Crippen LogP contribution in [-0.2, 0) is 28.9 Å². The number of carbonyl (C=O) groups is 2. The summed E-state index contributed by atoms with van der Waals surface area (Å²) in [5.41, 5.74) is 5.92. The number of hydrogen-bond acceptors (Lipinski definition) is 4. The van der Waals surface area contributed by atoms with Crippen LogP contribution in [0.3, 0.4) is 0 Å². The molecule has 0 saturated carbocycles. The van der Waals surface area contributed by atoms with Gasteiger partial charge in [0.25, 0.3) is 0 Å². The lowest BCUT2D eigenvalue weighted by Crippen LogP contribution is -2.44. The van der Waals surface area contributed by atoms with Gasteiger partial charge in [-0.3, -0.25) is 4.79 Å². The summed E-state index contributed by atoms with van der Waals surface area (Å²) in [5, 5.41) is 4.03. The zero-order valence-electron chi connectivity index (χ0n) is 19.1. The maximum absolute atomic E-state index is 13.6. The number of esters is 1. The second-order valence-electron chi connectivity index (χ2n) is 8.71. The van der Waals surface area contributed by atoms with Crippen molar-refractivity contribution in [3.63, 3.8) is 0 Å². The molecule has 5 rings (SSSR count). The summed E-state index contributed by atoms with van der Waals surface area (Å²) in [5.74, 6) is -0.426. The monoisotopic (exact) mass is 463 g/mol. The number of thiophene rings is 1. The van der Waals surface area contributed by atoms with Crippen molar-refractivity contribution in [2.75, 3.05) is 13.2 Å². The van der Waals surface area contributed by atoms with Gasteiger partial charge >= 0.3 is 12.0 Å². The number of nitrogens with one attached hydrogen (secondary N) is 1. The molecule has 2 aromatic heterocycles. The van der Waals surface area contributed by atoms with Crippen LogP contribution in [0.2, 0.25) is 0 Å². The van der Waals surface area contributed by atoms with Crippen LogP contribution in [0.5, 0.6) is 0 Å². The molecule has 0 radical (unpaired) electrons. The van der Waals surface area contributed by atoms with Gasteiger partial charge in [0.1, 0.15) is 11.5 Å². The van der Waals surface area contributed by atoms with Crippen LogP contribution >= 0.6 is 11.3 Å². The number of aryl methyl sites for hydroxylation is 2. The van der Waals surface area contributed by atoms with Crippen LogP contribution in [-0.4, -0.2) is 34.6 Å². The standard InChI is InChI=1S/C26H29N3O3S/c1-3-32-23(30)15-27-26(31)29-16-20-19-10-4-5-12-22(19)33-25(20)28-13-7-11-21(28)24(29)18-9-6-8-17(2)14-18/h6-9,11,13-14,24H,3-5,10,12,15-16H2,1-2H3,(H,27,31). The molecule has 7 heteroatoms. The van der Waals surface area contributed by atoms with Gasteiger partial charge in [-0.15, -0.1) is 11.3 Å². The smallest absolute Gasteiger partial charge is 0.325 e. The molecule has 3 aromatic rings. The first-order valence-electron chi connectivity index (χ1n) is 11.6. The summed E-state index contributed by atoms with van der Waals surface area (Å²) >= 11 is 1.87. The van der Waals surface area contributed by atoms with Crippen molar-refractivity contribution in [2.45, 2.75) is 52.1 Å². The Kier molecular flexibility index (Phi) is 5.98. The fraction of sp³-hybridized carbons (Fsp3) is 0.385. The highest BCUT2D eigenvalue weighted by molar-refractivity contribution is 7.15. The van der Waals surface area contributed by atoms with Gasteiger partial charge in [-0.25, -0.2) is 4.79 Å². The van der Waals surface area contributed by atoms with Crippen molar-refractivity contribution in [1.82, 2.24) is 14.8 Å². The zero-order chi connectivity index (χ0) is 22.9. The number of benzene rings is 1. The molecule has 3 heterocycles. The second-order valence-corrected chi connectivity index (χ2v) is 9.79. The molecule has 0 fully saturated rings. The number of urea groups is 1. The van der Waals surface area contributed by atoms with E-state index < -0.39 is 5.97 Å². The van der Waals surface area contributed by atoms with E-state index >= 15 is 0 Å². The summed E-state index contributed by atoms with van der Waals surface area (Å²) in [6, 6.07) is 12.0. The van der Waals surface area contributed by atoms with Crippen LogP contribution in [0.1, 0.15) is 58.6 Å². The summed E-state index contributed by atoms with van der Waals surface area (Å²) in [4.78, 5) is 28.8. The molecule has 1 aliphatic carbocycles. The highest BCUT2D eigenvalue weighted by atomic mass is 32.1. The molecule has 1 aromatic carbocycles. The van der Waals surface area contributed by atoms with Gasteiger partial charge in [0.2, 0.25) is 0 Å². The SMILES string of the molecule is CCOC(=O)CNC(=O)N1Cc2c(sc3c2CCCC3)-n2cccc2C1c1cccc(C)c1. The van der Waals surface area contributed by atoms with E-state index in [1.54, 1.807) is 6.92 Å². The average molecular weight is 464 g/mol. The van der Waals surface area contributed by atoms with Gasteiger partial charge in [-0.2, -0.15) is 0 Å². The Morgan fingerprint density at radius 1 is 1.15 bits per heavy atom. The van der Waals surface area contributed by atoms with Gasteiger partial charge in [-0.1, -0.05) is 29.8 Å². The number of rotatable bonds is 4. The van der Waals surface area contributed by atoms with E-state index in [1.807, 2.05) is 22.3 Å². The topological polar surface area (TPSA) is 63.6 Å². The summed E-state index contributed by atoms with van der Waals surface area (Å²) in [6.45, 7) is 4.49. The number of nitrogens with zero attached hydrogens (tertiary/aromatic N) is 2. The van der Waals surface area contributed by atoms with E-state index in [2.05, 4.69) is 53.3 Å². The van der Waals surface area contributed by atoms with Crippen molar-refractivity contribution in [1.29, 1.82) is 0 Å². The third-order valence-corrected chi connectivity index (χ3v) is 7.82. The number of aromatic nitrogens is 1. The van der Waals surface area contributed by atoms with Crippen LogP contribution in [0, 0.1) is 6.92 Å². The van der Waals surface area contributed by atoms with E-state index in [9.17, 15) is 9.59 Å². The van der Waals surface area contributed by atoms with E-state index in [0.29, 0.717) is 13.2 Å². The minimum atomic E-state index is -0.426. The fourth-order valence-electron chi connectivity index (χ4n) is 5.04. The first-order chi connectivity index (χ1) is 16.1. The third kappa shape index (κ3) is 4.06. The van der Waals surface area contributed by atoms with Crippen molar-refractivity contribution in [2.24, 2.45) is 0 Å². The Morgan fingerprint density at radius 2 is 2.00 bits per heavy atom. The molecule has 172 valence electrons. The Morgan fingerprint density at radius 3 is 2.82 bits per heavy atom. The molecule has 0 saturated heterocycles. The predicted octanol–water partition coefficient (Wildman–Crippen LogP) is 4.90. The molecule has 0 spiro atoms. The molecular formula is C26H29N3O3S. The molecular weight excluding hydrogens is 434 g/mol. The van der Waals surface area contributed by atoms with Crippen molar-refractivity contribution < 1.29 is 14.3 Å². The first kappa shape index (κ1) is 21.8. The summed E-state index contributed by atoms with van der Waals surface area (Å²) in [7, 11) is 0. The molecule has 1 aliphatic heterocycles. The van der Waals surface area contributed by atoms with Crippen LogP contribution in [0.15, 0.2) is 42.6 Å². The van der Waals surface area contributed by atoms with Gasteiger partial charge in [0, 0.05) is 16.6 Å². The number of ether oxygens (including phenoxy) is 1. The van der Waals surface area contributed by atoms with E-state index in [-0.39, 0.29) is 18.6 Å².